The number of aliphatic imine (C=N–C) groups is 1. The molecule has 2 rings (SSSR count). The van der Waals surface area contributed by atoms with Crippen molar-refractivity contribution in [1.82, 2.24) is 4.98 Å². The van der Waals surface area contributed by atoms with Gasteiger partial charge < -0.3 is 4.98 Å². The lowest BCUT2D eigenvalue weighted by molar-refractivity contribution is 0.559. The molecule has 0 radical (unpaired) electrons. The summed E-state index contributed by atoms with van der Waals surface area (Å²) in [6.45, 7) is 1.72. The number of aromatic amines is 1. The van der Waals surface area contributed by atoms with Gasteiger partial charge >= 0.3 is 0 Å². The van der Waals surface area contributed by atoms with Gasteiger partial charge in [0.25, 0.3) is 0 Å². The molecule has 0 bridgehead atoms. The summed E-state index contributed by atoms with van der Waals surface area (Å²) in [4.78, 5) is 16.6. The molecule has 1 atom stereocenters. The maximum atomic E-state index is 13.5. The van der Waals surface area contributed by atoms with E-state index in [0.29, 0.717) is 16.5 Å². The fourth-order valence-corrected chi connectivity index (χ4v) is 1.64. The number of carbonyl (C=O) groups excluding carboxylic acids is 1. The molecule has 1 unspecified atom stereocenters. The molecule has 0 saturated carbocycles. The number of isocyanates is 1. The Morgan fingerprint density at radius 1 is 1.53 bits per heavy atom. The van der Waals surface area contributed by atoms with E-state index in [4.69, 9.17) is 0 Å². The molecule has 1 N–H and O–H groups in total. The number of rotatable bonds is 2. The third-order valence-electron chi connectivity index (χ3n) is 2.38. The zero-order valence-electron chi connectivity index (χ0n) is 8.12. The second kappa shape index (κ2) is 3.67. The van der Waals surface area contributed by atoms with Crippen molar-refractivity contribution >= 4 is 17.0 Å². The van der Waals surface area contributed by atoms with Crippen LogP contribution in [0.15, 0.2) is 29.4 Å². The molecule has 0 saturated heterocycles. The van der Waals surface area contributed by atoms with Crippen LogP contribution in [0.25, 0.3) is 10.9 Å². The molecule has 0 aliphatic heterocycles. The molecule has 0 aliphatic carbocycles. The smallest absolute Gasteiger partial charge is 0.235 e. The average molecular weight is 204 g/mol. The van der Waals surface area contributed by atoms with E-state index in [9.17, 15) is 9.18 Å². The molecule has 15 heavy (non-hydrogen) atoms. The van der Waals surface area contributed by atoms with Gasteiger partial charge in [0.05, 0.1) is 6.04 Å². The van der Waals surface area contributed by atoms with Crippen molar-refractivity contribution in [2.24, 2.45) is 4.99 Å². The van der Waals surface area contributed by atoms with Crippen molar-refractivity contribution in [3.8, 4) is 0 Å². The molecule has 3 nitrogen and oxygen atoms in total. The third kappa shape index (κ3) is 1.55. The summed E-state index contributed by atoms with van der Waals surface area (Å²) in [5.41, 5.74) is 1.38. The number of benzene rings is 1. The lowest BCUT2D eigenvalue weighted by Gasteiger charge is -2.02. The molecule has 0 fully saturated rings. The summed E-state index contributed by atoms with van der Waals surface area (Å²) >= 11 is 0. The third-order valence-corrected chi connectivity index (χ3v) is 2.38. The topological polar surface area (TPSA) is 45.2 Å². The van der Waals surface area contributed by atoms with E-state index in [1.165, 1.54) is 12.1 Å². The van der Waals surface area contributed by atoms with Gasteiger partial charge in [0, 0.05) is 22.7 Å². The van der Waals surface area contributed by atoms with Gasteiger partial charge in [-0.2, -0.15) is 4.99 Å². The molecule has 0 spiro atoms. The van der Waals surface area contributed by atoms with Crippen LogP contribution in [0.1, 0.15) is 18.5 Å². The molecule has 76 valence electrons. The first-order valence-corrected chi connectivity index (χ1v) is 4.56. The maximum absolute atomic E-state index is 13.5. The largest absolute Gasteiger partial charge is 0.361 e. The molecule has 0 amide bonds. The zero-order valence-corrected chi connectivity index (χ0v) is 8.12. The van der Waals surface area contributed by atoms with E-state index in [1.54, 1.807) is 25.3 Å². The lowest BCUT2D eigenvalue weighted by atomic mass is 10.1. The number of H-pyrrole nitrogens is 1. The van der Waals surface area contributed by atoms with Crippen molar-refractivity contribution in [3.05, 3.63) is 35.8 Å². The molecular weight excluding hydrogens is 195 g/mol. The van der Waals surface area contributed by atoms with Crippen LogP contribution in [0.5, 0.6) is 0 Å². The quantitative estimate of drug-likeness (QED) is 0.593. The van der Waals surface area contributed by atoms with Gasteiger partial charge in [-0.25, -0.2) is 9.18 Å². The number of nitrogens with zero attached hydrogens (tertiary/aromatic N) is 1. The number of hydrogen-bond acceptors (Lipinski definition) is 2. The van der Waals surface area contributed by atoms with Gasteiger partial charge in [-0.3, -0.25) is 0 Å². The Labute approximate surface area is 85.6 Å². The highest BCUT2D eigenvalue weighted by Crippen LogP contribution is 2.27. The summed E-state index contributed by atoms with van der Waals surface area (Å²) in [6, 6.07) is 4.41. The summed E-state index contributed by atoms with van der Waals surface area (Å²) in [5.74, 6) is -0.309. The van der Waals surface area contributed by atoms with Crippen molar-refractivity contribution in [2.75, 3.05) is 0 Å². The van der Waals surface area contributed by atoms with Gasteiger partial charge in [0.1, 0.15) is 5.82 Å². The van der Waals surface area contributed by atoms with E-state index >= 15 is 0 Å². The molecule has 1 aromatic carbocycles. The molecule has 4 heteroatoms. The highest BCUT2D eigenvalue weighted by Gasteiger charge is 2.13. The van der Waals surface area contributed by atoms with Crippen molar-refractivity contribution in [2.45, 2.75) is 13.0 Å². The Bertz CT molecular complexity index is 541. The monoisotopic (exact) mass is 204 g/mol. The predicted molar refractivity (Wildman–Crippen MR) is 54.8 cm³/mol. The van der Waals surface area contributed by atoms with E-state index in [-0.39, 0.29) is 11.9 Å². The highest BCUT2D eigenvalue weighted by atomic mass is 19.1. The van der Waals surface area contributed by atoms with E-state index in [0.717, 1.165) is 0 Å². The minimum absolute atomic E-state index is 0.309. The Morgan fingerprint density at radius 3 is 3.07 bits per heavy atom. The van der Waals surface area contributed by atoms with Gasteiger partial charge in [-0.05, 0) is 19.1 Å². The normalized spacial score (nSPS) is 12.4. The van der Waals surface area contributed by atoms with Gasteiger partial charge in [-0.15, -0.1) is 0 Å². The predicted octanol–water partition coefficient (Wildman–Crippen LogP) is 2.70. The first kappa shape index (κ1) is 9.62. The van der Waals surface area contributed by atoms with E-state index in [2.05, 4.69) is 9.98 Å². The van der Waals surface area contributed by atoms with Gasteiger partial charge in [-0.1, -0.05) is 6.07 Å². The molecular formula is C11H9FN2O. The first-order chi connectivity index (χ1) is 7.24. The number of aromatic nitrogens is 1. The van der Waals surface area contributed by atoms with Crippen molar-refractivity contribution < 1.29 is 9.18 Å². The van der Waals surface area contributed by atoms with Crippen LogP contribution in [-0.4, -0.2) is 11.1 Å². The fourth-order valence-electron chi connectivity index (χ4n) is 1.64. The van der Waals surface area contributed by atoms with Crippen LogP contribution in [0, 0.1) is 5.82 Å². The fraction of sp³-hybridized carbons (Fsp3) is 0.182. The van der Waals surface area contributed by atoms with E-state index < -0.39 is 0 Å². The minimum atomic E-state index is -0.381. The maximum Gasteiger partial charge on any atom is 0.235 e. The average Bonchev–Trinajstić information content (AvgIpc) is 2.63. The standard InChI is InChI=1S/C11H9FN2O/c1-7(14-6-15)8-5-13-10-4-2-3-9(12)11(8)10/h2-5,7,13H,1H3. The number of halogens is 1. The van der Waals surface area contributed by atoms with Gasteiger partial charge in [0.2, 0.25) is 6.08 Å². The minimum Gasteiger partial charge on any atom is -0.361 e. The van der Waals surface area contributed by atoms with Crippen LogP contribution < -0.4 is 0 Å². The van der Waals surface area contributed by atoms with Crippen LogP contribution in [0.4, 0.5) is 4.39 Å². The van der Waals surface area contributed by atoms with E-state index in [1.807, 2.05) is 0 Å². The molecule has 0 aliphatic rings. The second-order valence-corrected chi connectivity index (χ2v) is 3.30. The number of fused-ring (bicyclic) bond motifs is 1. The SMILES string of the molecule is CC(N=C=O)c1c[nH]c2cccc(F)c12. The molecule has 1 aromatic heterocycles. The number of nitrogens with one attached hydrogen (secondary N) is 1. The molecule has 1 heterocycles. The van der Waals surface area contributed by atoms with Crippen LogP contribution in [0.2, 0.25) is 0 Å². The number of hydrogen-bond donors (Lipinski definition) is 1. The lowest BCUT2D eigenvalue weighted by Crippen LogP contribution is -1.88. The van der Waals surface area contributed by atoms with Crippen molar-refractivity contribution in [3.63, 3.8) is 0 Å². The zero-order chi connectivity index (χ0) is 10.8. The Kier molecular flexibility index (Phi) is 2.35. The van der Waals surface area contributed by atoms with Crippen molar-refractivity contribution in [1.29, 1.82) is 0 Å². The van der Waals surface area contributed by atoms with Crippen LogP contribution in [-0.2, 0) is 4.79 Å². The molecule has 2 aromatic rings. The Hall–Kier alpha value is -1.93. The Balaban J connectivity index is 2.66. The summed E-state index contributed by atoms with van der Waals surface area (Å²) in [7, 11) is 0. The summed E-state index contributed by atoms with van der Waals surface area (Å²) in [5, 5.41) is 0.490. The summed E-state index contributed by atoms with van der Waals surface area (Å²) in [6.07, 6.45) is 3.14. The van der Waals surface area contributed by atoms with Crippen LogP contribution in [0.3, 0.4) is 0 Å². The first-order valence-electron chi connectivity index (χ1n) is 4.56. The second-order valence-electron chi connectivity index (χ2n) is 3.30. The Morgan fingerprint density at radius 2 is 2.33 bits per heavy atom. The summed E-state index contributed by atoms with van der Waals surface area (Å²) < 4.78 is 13.5. The highest BCUT2D eigenvalue weighted by molar-refractivity contribution is 5.84. The van der Waals surface area contributed by atoms with Gasteiger partial charge in [0.15, 0.2) is 0 Å². The van der Waals surface area contributed by atoms with Crippen LogP contribution >= 0.6 is 0 Å².